The van der Waals surface area contributed by atoms with Gasteiger partial charge in [0, 0.05) is 19.1 Å². The number of nitrogens with zero attached hydrogens (tertiary/aromatic N) is 2. The van der Waals surface area contributed by atoms with Gasteiger partial charge in [-0.2, -0.15) is 0 Å². The third-order valence-corrected chi connectivity index (χ3v) is 5.75. The summed E-state index contributed by atoms with van der Waals surface area (Å²) < 4.78 is 5.64. The lowest BCUT2D eigenvalue weighted by Crippen LogP contribution is -2.34. The van der Waals surface area contributed by atoms with Crippen LogP contribution >= 0.6 is 11.3 Å². The van der Waals surface area contributed by atoms with Gasteiger partial charge in [0.1, 0.15) is 6.26 Å². The lowest BCUT2D eigenvalue weighted by Gasteiger charge is -2.25. The molecule has 0 saturated carbocycles. The van der Waals surface area contributed by atoms with E-state index in [1.165, 1.54) is 26.1 Å². The van der Waals surface area contributed by atoms with Gasteiger partial charge in [-0.1, -0.05) is 13.0 Å². The minimum Gasteiger partial charge on any atom is -0.444 e. The Labute approximate surface area is 129 Å². The van der Waals surface area contributed by atoms with E-state index in [1.807, 2.05) is 12.3 Å². The van der Waals surface area contributed by atoms with E-state index in [2.05, 4.69) is 33.6 Å². The molecule has 5 heteroatoms. The van der Waals surface area contributed by atoms with Crippen LogP contribution in [-0.2, 0) is 6.54 Å². The van der Waals surface area contributed by atoms with Crippen LogP contribution < -0.4 is 5.32 Å². The van der Waals surface area contributed by atoms with Gasteiger partial charge in [-0.3, -0.25) is 4.90 Å². The summed E-state index contributed by atoms with van der Waals surface area (Å²) in [5, 5.41) is 5.59. The van der Waals surface area contributed by atoms with Crippen LogP contribution in [0.1, 0.15) is 19.0 Å². The summed E-state index contributed by atoms with van der Waals surface area (Å²) in [4.78, 5) is 8.38. The molecule has 4 nitrogen and oxygen atoms in total. The first-order chi connectivity index (χ1) is 10.3. The average Bonchev–Trinajstić information content (AvgIpc) is 3.23. The first-order valence-electron chi connectivity index (χ1n) is 7.78. The molecule has 0 aromatic carbocycles. The molecule has 0 amide bonds. The number of hydrogen-bond donors (Lipinski definition) is 1. The van der Waals surface area contributed by atoms with Crippen LogP contribution in [0.15, 0.2) is 28.2 Å². The second kappa shape index (κ2) is 5.55. The molecule has 3 atom stereocenters. The van der Waals surface area contributed by atoms with E-state index in [9.17, 15) is 0 Å². The Balaban J connectivity index is 1.48. The largest absolute Gasteiger partial charge is 0.444 e. The number of fused-ring (bicyclic) bond motifs is 1. The van der Waals surface area contributed by atoms with Gasteiger partial charge in [0.15, 0.2) is 0 Å². The summed E-state index contributed by atoms with van der Waals surface area (Å²) in [6, 6.07) is 4.78. The second-order valence-electron chi connectivity index (χ2n) is 6.11. The molecule has 4 heterocycles. The van der Waals surface area contributed by atoms with Gasteiger partial charge in [-0.25, -0.2) is 4.98 Å². The Morgan fingerprint density at radius 1 is 1.48 bits per heavy atom. The van der Waals surface area contributed by atoms with Crippen LogP contribution in [0.3, 0.4) is 0 Å². The molecule has 3 unspecified atom stereocenters. The van der Waals surface area contributed by atoms with Gasteiger partial charge in [0.05, 0.1) is 10.6 Å². The highest BCUT2D eigenvalue weighted by Gasteiger charge is 2.43. The summed E-state index contributed by atoms with van der Waals surface area (Å²) in [6.45, 7) is 6.77. The molecule has 2 aromatic rings. The fraction of sp³-hybridized carbons (Fsp3) is 0.562. The van der Waals surface area contributed by atoms with E-state index in [1.54, 1.807) is 11.3 Å². The van der Waals surface area contributed by atoms with E-state index in [4.69, 9.17) is 4.42 Å². The first-order valence-corrected chi connectivity index (χ1v) is 8.66. The number of aromatic nitrogens is 1. The molecule has 1 N–H and O–H groups in total. The molecule has 0 radical (unpaired) electrons. The van der Waals surface area contributed by atoms with Crippen molar-refractivity contribution in [3.63, 3.8) is 0 Å². The summed E-state index contributed by atoms with van der Waals surface area (Å²) in [5.74, 6) is 2.39. The number of thiophene rings is 1. The molecule has 2 aliphatic rings. The van der Waals surface area contributed by atoms with E-state index in [-0.39, 0.29) is 0 Å². The molecule has 112 valence electrons. The zero-order chi connectivity index (χ0) is 14.2. The lowest BCUT2D eigenvalue weighted by atomic mass is 9.93. The Morgan fingerprint density at radius 2 is 2.43 bits per heavy atom. The van der Waals surface area contributed by atoms with Crippen molar-refractivity contribution in [1.29, 1.82) is 0 Å². The molecular weight excluding hydrogens is 282 g/mol. The molecule has 4 rings (SSSR count). The van der Waals surface area contributed by atoms with Crippen molar-refractivity contribution >= 4 is 11.3 Å². The molecule has 2 saturated heterocycles. The highest BCUT2D eigenvalue weighted by Crippen LogP contribution is 2.35. The molecule has 0 aliphatic carbocycles. The minimum atomic E-state index is 0.687. The van der Waals surface area contributed by atoms with Crippen molar-refractivity contribution in [2.75, 3.05) is 19.6 Å². The highest BCUT2D eigenvalue weighted by molar-refractivity contribution is 7.13. The summed E-state index contributed by atoms with van der Waals surface area (Å²) in [7, 11) is 0. The first kappa shape index (κ1) is 13.5. The number of likely N-dealkylation sites (tertiary alicyclic amines) is 1. The highest BCUT2D eigenvalue weighted by atomic mass is 32.1. The van der Waals surface area contributed by atoms with Crippen molar-refractivity contribution in [2.24, 2.45) is 11.8 Å². The Hall–Kier alpha value is -1.17. The zero-order valence-corrected chi connectivity index (χ0v) is 13.1. The predicted molar refractivity (Wildman–Crippen MR) is 84.2 cm³/mol. The molecule has 21 heavy (non-hydrogen) atoms. The van der Waals surface area contributed by atoms with Crippen LogP contribution in [0.25, 0.3) is 10.8 Å². The third kappa shape index (κ3) is 2.43. The fourth-order valence-corrected chi connectivity index (χ4v) is 4.61. The van der Waals surface area contributed by atoms with Gasteiger partial charge >= 0.3 is 0 Å². The monoisotopic (exact) mass is 303 g/mol. The predicted octanol–water partition coefficient (Wildman–Crippen LogP) is 2.83. The summed E-state index contributed by atoms with van der Waals surface area (Å²) >= 11 is 1.67. The SMILES string of the molecule is CCC1C2CNCC2CN1Cc1coc(-c2cccs2)n1. The van der Waals surface area contributed by atoms with Crippen LogP contribution in [0, 0.1) is 11.8 Å². The standard InChI is InChI=1S/C16H21N3OS/c1-2-14-13-7-17-6-11(13)8-19(14)9-12-10-20-16(18-12)15-4-3-5-21-15/h3-5,10-11,13-14,17H,2,6-9H2,1H3. The Kier molecular flexibility index (Phi) is 3.57. The van der Waals surface area contributed by atoms with Crippen molar-refractivity contribution in [3.05, 3.63) is 29.5 Å². The van der Waals surface area contributed by atoms with Crippen molar-refractivity contribution < 1.29 is 4.42 Å². The maximum Gasteiger partial charge on any atom is 0.236 e. The molecule has 0 bridgehead atoms. The smallest absolute Gasteiger partial charge is 0.236 e. The van der Waals surface area contributed by atoms with Gasteiger partial charge in [-0.05, 0) is 42.8 Å². The van der Waals surface area contributed by atoms with E-state index < -0.39 is 0 Å². The van der Waals surface area contributed by atoms with Crippen LogP contribution in [0.4, 0.5) is 0 Å². The second-order valence-corrected chi connectivity index (χ2v) is 7.06. The average molecular weight is 303 g/mol. The minimum absolute atomic E-state index is 0.687. The maximum absolute atomic E-state index is 5.64. The third-order valence-electron chi connectivity index (χ3n) is 4.89. The molecule has 2 aromatic heterocycles. The molecule has 0 spiro atoms. The number of hydrogen-bond acceptors (Lipinski definition) is 5. The van der Waals surface area contributed by atoms with Crippen molar-refractivity contribution in [2.45, 2.75) is 25.9 Å². The fourth-order valence-electron chi connectivity index (χ4n) is 3.95. The number of nitrogens with one attached hydrogen (secondary N) is 1. The molecular formula is C16H21N3OS. The van der Waals surface area contributed by atoms with Gasteiger partial charge in [-0.15, -0.1) is 11.3 Å². The van der Waals surface area contributed by atoms with Crippen LogP contribution in [0.2, 0.25) is 0 Å². The maximum atomic E-state index is 5.64. The zero-order valence-electron chi connectivity index (χ0n) is 12.3. The van der Waals surface area contributed by atoms with Gasteiger partial charge in [0.25, 0.3) is 0 Å². The quantitative estimate of drug-likeness (QED) is 0.943. The number of oxazole rings is 1. The van der Waals surface area contributed by atoms with Crippen molar-refractivity contribution in [3.8, 4) is 10.8 Å². The van der Waals surface area contributed by atoms with Gasteiger partial charge in [0.2, 0.25) is 5.89 Å². The normalized spacial score (nSPS) is 29.1. The van der Waals surface area contributed by atoms with Crippen LogP contribution in [0.5, 0.6) is 0 Å². The van der Waals surface area contributed by atoms with E-state index in [0.717, 1.165) is 34.8 Å². The topological polar surface area (TPSA) is 41.3 Å². The Morgan fingerprint density at radius 3 is 3.24 bits per heavy atom. The van der Waals surface area contributed by atoms with Gasteiger partial charge < -0.3 is 9.73 Å². The van der Waals surface area contributed by atoms with E-state index in [0.29, 0.717) is 6.04 Å². The van der Waals surface area contributed by atoms with Crippen molar-refractivity contribution in [1.82, 2.24) is 15.2 Å². The number of rotatable bonds is 4. The van der Waals surface area contributed by atoms with E-state index >= 15 is 0 Å². The van der Waals surface area contributed by atoms with Crippen LogP contribution in [-0.4, -0.2) is 35.6 Å². The molecule has 2 aliphatic heterocycles. The summed E-state index contributed by atoms with van der Waals surface area (Å²) in [6.07, 6.45) is 3.05. The Bertz CT molecular complexity index is 594. The molecule has 2 fully saturated rings. The summed E-state index contributed by atoms with van der Waals surface area (Å²) in [5.41, 5.74) is 1.06. The lowest BCUT2D eigenvalue weighted by molar-refractivity contribution is 0.208.